The first-order valence-corrected chi connectivity index (χ1v) is 3.39. The van der Waals surface area contributed by atoms with Gasteiger partial charge in [0.05, 0.1) is 12.1 Å². The molecule has 0 aromatic carbocycles. The van der Waals surface area contributed by atoms with Crippen LogP contribution in [0.25, 0.3) is 0 Å². The summed E-state index contributed by atoms with van der Waals surface area (Å²) in [5.74, 6) is -0.0834. The van der Waals surface area contributed by atoms with Gasteiger partial charge in [-0.25, -0.2) is 5.32 Å². The Kier molecular flexibility index (Phi) is 2.24. The molecule has 4 nitrogen and oxygen atoms in total. The molecule has 1 heterocycles. The molecule has 0 aromatic rings. The number of carbonyl (C=O) groups excluding carboxylic acids is 1. The first-order valence-electron chi connectivity index (χ1n) is 3.39. The number of hydrogen-bond donors (Lipinski definition) is 2. The molecule has 0 aliphatic carbocycles. The van der Waals surface area contributed by atoms with Gasteiger partial charge >= 0.3 is 0 Å². The standard InChI is InChI=1S/C6H12N3O/c1-4(7)6(10)9-5-2-8-3-5/h4-5H,2-3,7H2,1H3,(H,9,10). The van der Waals surface area contributed by atoms with Crippen LogP contribution in [0.4, 0.5) is 0 Å². The van der Waals surface area contributed by atoms with Crippen molar-refractivity contribution in [2.75, 3.05) is 13.1 Å². The molecule has 1 rings (SSSR count). The number of nitrogens with two attached hydrogens (primary N) is 1. The van der Waals surface area contributed by atoms with E-state index in [9.17, 15) is 4.79 Å². The minimum atomic E-state index is -0.402. The third-order valence-electron chi connectivity index (χ3n) is 1.46. The molecule has 0 spiro atoms. The Morgan fingerprint density at radius 1 is 1.80 bits per heavy atom. The Morgan fingerprint density at radius 2 is 2.40 bits per heavy atom. The fourth-order valence-corrected chi connectivity index (χ4v) is 0.682. The third kappa shape index (κ3) is 1.68. The molecule has 1 aliphatic rings. The quantitative estimate of drug-likeness (QED) is 0.489. The van der Waals surface area contributed by atoms with Crippen LogP contribution in [0, 0.1) is 0 Å². The smallest absolute Gasteiger partial charge is 0.236 e. The second-order valence-electron chi connectivity index (χ2n) is 2.58. The molecule has 10 heavy (non-hydrogen) atoms. The van der Waals surface area contributed by atoms with E-state index in [0.29, 0.717) is 0 Å². The summed E-state index contributed by atoms with van der Waals surface area (Å²) < 4.78 is 0. The summed E-state index contributed by atoms with van der Waals surface area (Å²) in [5.41, 5.74) is 5.32. The summed E-state index contributed by atoms with van der Waals surface area (Å²) in [6.07, 6.45) is 0. The van der Waals surface area contributed by atoms with Gasteiger partial charge < -0.3 is 11.1 Å². The van der Waals surface area contributed by atoms with Gasteiger partial charge in [-0.2, -0.15) is 0 Å². The van der Waals surface area contributed by atoms with Crippen molar-refractivity contribution < 1.29 is 4.79 Å². The van der Waals surface area contributed by atoms with Crippen LogP contribution in [0.5, 0.6) is 0 Å². The van der Waals surface area contributed by atoms with Crippen LogP contribution < -0.4 is 16.4 Å². The zero-order chi connectivity index (χ0) is 7.56. The van der Waals surface area contributed by atoms with Gasteiger partial charge in [0.15, 0.2) is 0 Å². The van der Waals surface area contributed by atoms with Crippen LogP contribution in [0.15, 0.2) is 0 Å². The highest BCUT2D eigenvalue weighted by molar-refractivity contribution is 5.81. The van der Waals surface area contributed by atoms with Gasteiger partial charge in [-0.3, -0.25) is 4.79 Å². The zero-order valence-corrected chi connectivity index (χ0v) is 6.00. The summed E-state index contributed by atoms with van der Waals surface area (Å²) in [6, 6.07) is -0.154. The molecule has 0 bridgehead atoms. The maximum absolute atomic E-state index is 10.9. The van der Waals surface area contributed by atoms with Gasteiger partial charge in [0, 0.05) is 13.1 Å². The minimum absolute atomic E-state index is 0.0834. The van der Waals surface area contributed by atoms with Gasteiger partial charge in [0.1, 0.15) is 0 Å². The largest absolute Gasteiger partial charge is 0.349 e. The number of nitrogens with zero attached hydrogens (tertiary/aromatic N) is 1. The van der Waals surface area contributed by atoms with E-state index in [0.717, 1.165) is 13.1 Å². The average molecular weight is 142 g/mol. The summed E-state index contributed by atoms with van der Waals surface area (Å²) in [6.45, 7) is 3.17. The van der Waals surface area contributed by atoms with E-state index >= 15 is 0 Å². The predicted octanol–water partition coefficient (Wildman–Crippen LogP) is -1.56. The SMILES string of the molecule is CC(N)C(=O)NC1C[N]C1. The first kappa shape index (κ1) is 7.50. The number of carbonyl (C=O) groups is 1. The normalized spacial score (nSPS) is 21.4. The molecular formula is C6H12N3O. The highest BCUT2D eigenvalue weighted by Crippen LogP contribution is 1.92. The van der Waals surface area contributed by atoms with Gasteiger partial charge in [-0.15, -0.1) is 0 Å². The summed E-state index contributed by atoms with van der Waals surface area (Å²) >= 11 is 0. The van der Waals surface area contributed by atoms with Crippen molar-refractivity contribution in [2.45, 2.75) is 19.0 Å². The van der Waals surface area contributed by atoms with E-state index in [4.69, 9.17) is 5.73 Å². The van der Waals surface area contributed by atoms with Crippen LogP contribution in [0.2, 0.25) is 0 Å². The maximum atomic E-state index is 10.9. The molecular weight excluding hydrogens is 130 g/mol. The molecule has 1 fully saturated rings. The number of hydrogen-bond acceptors (Lipinski definition) is 2. The Labute approximate surface area is 60.2 Å². The van der Waals surface area contributed by atoms with Crippen LogP contribution >= 0.6 is 0 Å². The van der Waals surface area contributed by atoms with Gasteiger partial charge in [-0.1, -0.05) is 0 Å². The lowest BCUT2D eigenvalue weighted by Crippen LogP contribution is -2.56. The molecule has 3 N–H and O–H groups in total. The van der Waals surface area contributed by atoms with Gasteiger partial charge in [0.25, 0.3) is 0 Å². The molecule has 1 amide bonds. The number of rotatable bonds is 2. The molecule has 0 saturated carbocycles. The van der Waals surface area contributed by atoms with E-state index in [1.165, 1.54) is 0 Å². The average Bonchev–Trinajstić information content (AvgIpc) is 1.77. The lowest BCUT2D eigenvalue weighted by atomic mass is 10.1. The minimum Gasteiger partial charge on any atom is -0.349 e. The van der Waals surface area contributed by atoms with Crippen molar-refractivity contribution in [1.82, 2.24) is 10.6 Å². The molecule has 1 saturated heterocycles. The van der Waals surface area contributed by atoms with Crippen LogP contribution in [-0.4, -0.2) is 31.1 Å². The lowest BCUT2D eigenvalue weighted by molar-refractivity contribution is -0.123. The molecule has 1 unspecified atom stereocenters. The van der Waals surface area contributed by atoms with Crippen molar-refractivity contribution in [3.05, 3.63) is 0 Å². The van der Waals surface area contributed by atoms with E-state index in [2.05, 4.69) is 10.6 Å². The lowest BCUT2D eigenvalue weighted by Gasteiger charge is -2.26. The molecule has 57 valence electrons. The molecule has 1 atom stereocenters. The van der Waals surface area contributed by atoms with E-state index in [1.54, 1.807) is 6.92 Å². The summed E-state index contributed by atoms with van der Waals surface area (Å²) in [5, 5.41) is 6.71. The van der Waals surface area contributed by atoms with Crippen molar-refractivity contribution in [1.29, 1.82) is 0 Å². The fraction of sp³-hybridized carbons (Fsp3) is 0.833. The van der Waals surface area contributed by atoms with Crippen LogP contribution in [0.1, 0.15) is 6.92 Å². The third-order valence-corrected chi connectivity index (χ3v) is 1.46. The second kappa shape index (κ2) is 2.98. The highest BCUT2D eigenvalue weighted by atomic mass is 16.2. The van der Waals surface area contributed by atoms with E-state index in [1.807, 2.05) is 0 Å². The number of nitrogens with one attached hydrogen (secondary N) is 1. The highest BCUT2D eigenvalue weighted by Gasteiger charge is 2.21. The summed E-state index contributed by atoms with van der Waals surface area (Å²) in [7, 11) is 0. The molecule has 1 radical (unpaired) electrons. The Hall–Kier alpha value is -0.610. The van der Waals surface area contributed by atoms with Crippen molar-refractivity contribution >= 4 is 5.91 Å². The predicted molar refractivity (Wildman–Crippen MR) is 37.4 cm³/mol. The Bertz CT molecular complexity index is 131. The van der Waals surface area contributed by atoms with Crippen molar-refractivity contribution in [3.8, 4) is 0 Å². The van der Waals surface area contributed by atoms with Gasteiger partial charge in [0.2, 0.25) is 5.91 Å². The summed E-state index contributed by atoms with van der Waals surface area (Å²) in [4.78, 5) is 10.9. The molecule has 4 heteroatoms. The van der Waals surface area contributed by atoms with Crippen molar-refractivity contribution in [3.63, 3.8) is 0 Å². The first-order chi connectivity index (χ1) is 4.70. The molecule has 1 aliphatic heterocycles. The fourth-order valence-electron chi connectivity index (χ4n) is 0.682. The molecule has 0 aromatic heterocycles. The second-order valence-corrected chi connectivity index (χ2v) is 2.58. The van der Waals surface area contributed by atoms with Gasteiger partial charge in [-0.05, 0) is 6.92 Å². The van der Waals surface area contributed by atoms with E-state index in [-0.39, 0.29) is 11.9 Å². The Balaban J connectivity index is 2.17. The maximum Gasteiger partial charge on any atom is 0.236 e. The Morgan fingerprint density at radius 3 is 2.70 bits per heavy atom. The topological polar surface area (TPSA) is 69.2 Å². The van der Waals surface area contributed by atoms with E-state index < -0.39 is 6.04 Å². The number of amides is 1. The van der Waals surface area contributed by atoms with Crippen LogP contribution in [0.3, 0.4) is 0 Å². The monoisotopic (exact) mass is 142 g/mol. The zero-order valence-electron chi connectivity index (χ0n) is 6.00. The van der Waals surface area contributed by atoms with Crippen LogP contribution in [-0.2, 0) is 4.79 Å². The van der Waals surface area contributed by atoms with Crippen molar-refractivity contribution in [2.24, 2.45) is 5.73 Å².